The molecule has 0 saturated carbocycles. The Hall–Kier alpha value is -2.37. The lowest BCUT2D eigenvalue weighted by Gasteiger charge is -2.16. The van der Waals surface area contributed by atoms with E-state index in [1.165, 1.54) is 19.2 Å². The minimum atomic E-state index is -0.675. The van der Waals surface area contributed by atoms with Gasteiger partial charge in [0, 0.05) is 25.4 Å². The van der Waals surface area contributed by atoms with Crippen molar-refractivity contribution in [2.45, 2.75) is 26.3 Å². The molecule has 1 aromatic heterocycles. The van der Waals surface area contributed by atoms with E-state index < -0.39 is 11.8 Å². The molecule has 1 aromatic carbocycles. The molecule has 2 rings (SSSR count). The number of carbonyl (C=O) groups excluding carboxylic acids is 1. The summed E-state index contributed by atoms with van der Waals surface area (Å²) in [5.74, 6) is -0.0958. The lowest BCUT2D eigenvalue weighted by atomic mass is 10.1. The third-order valence-electron chi connectivity index (χ3n) is 3.46. The summed E-state index contributed by atoms with van der Waals surface area (Å²) in [5.41, 5.74) is 1.74. The minimum absolute atomic E-state index is 0.0595. The second-order valence-electron chi connectivity index (χ2n) is 5.50. The van der Waals surface area contributed by atoms with E-state index in [0.29, 0.717) is 12.5 Å². The van der Waals surface area contributed by atoms with Crippen LogP contribution in [0.3, 0.4) is 0 Å². The van der Waals surface area contributed by atoms with Crippen molar-refractivity contribution in [3.63, 3.8) is 0 Å². The van der Waals surface area contributed by atoms with Crippen LogP contribution in [0.2, 0.25) is 0 Å². The van der Waals surface area contributed by atoms with Gasteiger partial charge < -0.3 is 9.64 Å². The van der Waals surface area contributed by atoms with E-state index in [-0.39, 0.29) is 5.56 Å². The number of hydrogen-bond donors (Lipinski definition) is 1. The highest BCUT2D eigenvalue weighted by Gasteiger charge is 2.14. The van der Waals surface area contributed by atoms with Crippen LogP contribution in [0.25, 0.3) is 0 Å². The fourth-order valence-electron chi connectivity index (χ4n) is 2.10. The summed E-state index contributed by atoms with van der Waals surface area (Å²) in [4.78, 5) is 13.3. The maximum absolute atomic E-state index is 13.9. The fraction of sp³-hybridized carbons (Fsp3) is 0.375. The van der Waals surface area contributed by atoms with E-state index in [4.69, 9.17) is 0 Å². The van der Waals surface area contributed by atoms with Gasteiger partial charge in [0.2, 0.25) is 0 Å². The first-order chi connectivity index (χ1) is 10.4. The zero-order valence-electron chi connectivity index (χ0n) is 13.2. The molecule has 0 unspecified atom stereocenters. The molecule has 0 aliphatic carbocycles. The van der Waals surface area contributed by atoms with Gasteiger partial charge in [0.05, 0.1) is 12.7 Å². The molecule has 22 heavy (non-hydrogen) atoms. The molecule has 1 N–H and O–H groups in total. The topological polar surface area (TPSA) is 58.2 Å². The van der Waals surface area contributed by atoms with Crippen molar-refractivity contribution in [2.75, 3.05) is 19.1 Å². The fourth-order valence-corrected chi connectivity index (χ4v) is 2.10. The number of aromatic amines is 1. The quantitative estimate of drug-likeness (QED) is 0.862. The van der Waals surface area contributed by atoms with Gasteiger partial charge >= 0.3 is 5.97 Å². The van der Waals surface area contributed by atoms with Crippen molar-refractivity contribution in [3.8, 4) is 0 Å². The average molecular weight is 305 g/mol. The molecule has 1 heterocycles. The van der Waals surface area contributed by atoms with Gasteiger partial charge in [-0.05, 0) is 23.6 Å². The number of nitrogens with zero attached hydrogens (tertiary/aromatic N) is 2. The Balaban J connectivity index is 2.12. The first-order valence-corrected chi connectivity index (χ1v) is 7.05. The third-order valence-corrected chi connectivity index (χ3v) is 3.46. The van der Waals surface area contributed by atoms with Crippen LogP contribution in [0, 0.1) is 5.82 Å². The van der Waals surface area contributed by atoms with Crippen LogP contribution in [-0.4, -0.2) is 30.3 Å². The van der Waals surface area contributed by atoms with E-state index in [1.807, 2.05) is 18.0 Å². The summed E-state index contributed by atoms with van der Waals surface area (Å²) in [6.07, 6.45) is 0. The molecule has 0 radical (unpaired) electrons. The molecule has 0 amide bonds. The first kappa shape index (κ1) is 16.0. The maximum Gasteiger partial charge on any atom is 0.340 e. The van der Waals surface area contributed by atoms with Crippen molar-refractivity contribution >= 4 is 11.8 Å². The van der Waals surface area contributed by atoms with Crippen molar-refractivity contribution in [1.82, 2.24) is 10.2 Å². The van der Waals surface area contributed by atoms with Crippen LogP contribution in [0.15, 0.2) is 24.3 Å². The van der Waals surface area contributed by atoms with Gasteiger partial charge in [-0.2, -0.15) is 5.10 Å². The molecular weight excluding hydrogens is 285 g/mol. The molecule has 0 spiro atoms. The molecule has 5 nitrogen and oxygen atoms in total. The number of benzene rings is 1. The smallest absolute Gasteiger partial charge is 0.340 e. The SMILES string of the molecule is COC(=O)c1ccc(CN(C)c2cc(C(C)C)[nH]n2)cc1F. The van der Waals surface area contributed by atoms with Gasteiger partial charge in [-0.25, -0.2) is 9.18 Å². The standard InChI is InChI=1S/C16H20FN3O2/c1-10(2)14-8-15(19-18-14)20(3)9-11-5-6-12(13(17)7-11)16(21)22-4/h5-8,10H,9H2,1-4H3,(H,18,19). The highest BCUT2D eigenvalue weighted by molar-refractivity contribution is 5.89. The summed E-state index contributed by atoms with van der Waals surface area (Å²) in [5, 5.41) is 7.24. The highest BCUT2D eigenvalue weighted by Crippen LogP contribution is 2.20. The maximum atomic E-state index is 13.9. The Kier molecular flexibility index (Phi) is 4.80. The molecule has 2 aromatic rings. The summed E-state index contributed by atoms with van der Waals surface area (Å²) < 4.78 is 18.4. The third kappa shape index (κ3) is 3.44. The van der Waals surface area contributed by atoms with Gasteiger partial charge in [-0.1, -0.05) is 19.9 Å². The van der Waals surface area contributed by atoms with Crippen LogP contribution in [-0.2, 0) is 11.3 Å². The number of aromatic nitrogens is 2. The van der Waals surface area contributed by atoms with E-state index >= 15 is 0 Å². The van der Waals surface area contributed by atoms with Gasteiger partial charge in [0.1, 0.15) is 5.82 Å². The number of H-pyrrole nitrogens is 1. The van der Waals surface area contributed by atoms with Crippen molar-refractivity contribution < 1.29 is 13.9 Å². The molecule has 0 atom stereocenters. The van der Waals surface area contributed by atoms with E-state index in [2.05, 4.69) is 28.8 Å². The van der Waals surface area contributed by atoms with Crippen molar-refractivity contribution in [1.29, 1.82) is 0 Å². The van der Waals surface area contributed by atoms with Crippen LogP contribution < -0.4 is 4.90 Å². The Morgan fingerprint density at radius 1 is 1.41 bits per heavy atom. The van der Waals surface area contributed by atoms with Crippen molar-refractivity contribution in [2.24, 2.45) is 0 Å². The molecule has 118 valence electrons. The Morgan fingerprint density at radius 2 is 2.14 bits per heavy atom. The lowest BCUT2D eigenvalue weighted by molar-refractivity contribution is 0.0595. The zero-order valence-corrected chi connectivity index (χ0v) is 13.2. The lowest BCUT2D eigenvalue weighted by Crippen LogP contribution is -2.17. The summed E-state index contributed by atoms with van der Waals surface area (Å²) in [7, 11) is 3.11. The molecule has 0 saturated heterocycles. The zero-order chi connectivity index (χ0) is 16.3. The van der Waals surface area contributed by atoms with Gasteiger partial charge in [-0.15, -0.1) is 0 Å². The number of ether oxygens (including phenoxy) is 1. The van der Waals surface area contributed by atoms with Crippen LogP contribution in [0.5, 0.6) is 0 Å². The summed E-state index contributed by atoms with van der Waals surface area (Å²) in [6, 6.07) is 6.47. The molecule has 0 bridgehead atoms. The largest absolute Gasteiger partial charge is 0.465 e. The number of rotatable bonds is 5. The van der Waals surface area contributed by atoms with Crippen LogP contribution >= 0.6 is 0 Å². The minimum Gasteiger partial charge on any atom is -0.465 e. The number of halogens is 1. The number of carbonyl (C=O) groups is 1. The van der Waals surface area contributed by atoms with Crippen molar-refractivity contribution in [3.05, 3.63) is 46.9 Å². The van der Waals surface area contributed by atoms with Gasteiger partial charge in [0.25, 0.3) is 0 Å². The molecule has 6 heteroatoms. The normalized spacial score (nSPS) is 10.8. The monoisotopic (exact) mass is 305 g/mol. The van der Waals surface area contributed by atoms with E-state index in [9.17, 15) is 9.18 Å². The Morgan fingerprint density at radius 3 is 2.68 bits per heavy atom. The summed E-state index contributed by atoms with van der Waals surface area (Å²) in [6.45, 7) is 4.65. The molecule has 0 fully saturated rings. The van der Waals surface area contributed by atoms with Crippen LogP contribution in [0.1, 0.15) is 41.4 Å². The summed E-state index contributed by atoms with van der Waals surface area (Å²) >= 11 is 0. The number of nitrogens with one attached hydrogen (secondary N) is 1. The van der Waals surface area contributed by atoms with Gasteiger partial charge in [0.15, 0.2) is 5.82 Å². The highest BCUT2D eigenvalue weighted by atomic mass is 19.1. The molecule has 0 aliphatic heterocycles. The predicted octanol–water partition coefficient (Wildman–Crippen LogP) is 3.10. The van der Waals surface area contributed by atoms with Gasteiger partial charge in [-0.3, -0.25) is 5.10 Å². The second-order valence-corrected chi connectivity index (χ2v) is 5.50. The van der Waals surface area contributed by atoms with E-state index in [0.717, 1.165) is 17.1 Å². The number of hydrogen-bond acceptors (Lipinski definition) is 4. The number of methoxy groups -OCH3 is 1. The first-order valence-electron chi connectivity index (χ1n) is 7.05. The number of esters is 1. The molecular formula is C16H20FN3O2. The van der Waals surface area contributed by atoms with E-state index in [1.54, 1.807) is 6.07 Å². The number of anilines is 1. The molecule has 0 aliphatic rings. The van der Waals surface area contributed by atoms with Crippen LogP contribution in [0.4, 0.5) is 10.2 Å². The predicted molar refractivity (Wildman–Crippen MR) is 82.5 cm³/mol. The Bertz CT molecular complexity index is 667. The Labute approximate surface area is 129 Å². The second kappa shape index (κ2) is 6.60. The average Bonchev–Trinajstić information content (AvgIpc) is 2.97.